The number of rotatable bonds is 9. The number of carbonyl (C=O) groups is 1. The van der Waals surface area contributed by atoms with Crippen LogP contribution in [0.4, 0.5) is 23.8 Å². The highest BCUT2D eigenvalue weighted by atomic mass is 19.1. The number of anilines is 1. The number of pyridine rings is 1. The number of benzene rings is 2. The Balaban J connectivity index is 1.29. The van der Waals surface area contributed by atoms with Crippen LogP contribution >= 0.6 is 0 Å². The lowest BCUT2D eigenvalue weighted by Gasteiger charge is -2.30. The maximum Gasteiger partial charge on any atom is 0.319 e. The molecule has 236 valence electrons. The van der Waals surface area contributed by atoms with Crippen LogP contribution in [0.25, 0.3) is 32.9 Å². The fraction of sp³-hybridized carbons (Fsp3) is 0.438. The van der Waals surface area contributed by atoms with E-state index in [2.05, 4.69) is 35.8 Å². The Morgan fingerprint density at radius 3 is 2.91 bits per heavy atom. The molecule has 0 spiro atoms. The third kappa shape index (κ3) is 5.32. The summed E-state index contributed by atoms with van der Waals surface area (Å²) in [5.41, 5.74) is -0.00145. The maximum atomic E-state index is 16.6. The lowest BCUT2D eigenvalue weighted by Crippen LogP contribution is -2.43. The second kappa shape index (κ2) is 11.5. The molecule has 10 nitrogen and oxygen atoms in total. The van der Waals surface area contributed by atoms with E-state index in [1.54, 1.807) is 13.0 Å². The molecule has 1 unspecified atom stereocenters. The van der Waals surface area contributed by atoms with Crippen molar-refractivity contribution in [3.63, 3.8) is 0 Å². The van der Waals surface area contributed by atoms with Gasteiger partial charge in [0.1, 0.15) is 41.4 Å². The maximum absolute atomic E-state index is 16.6. The fourth-order valence-electron chi connectivity index (χ4n) is 7.15. The molecule has 0 aliphatic carbocycles. The van der Waals surface area contributed by atoms with E-state index in [9.17, 15) is 18.7 Å². The number of nitrogens with zero attached hydrogens (tertiary/aromatic N) is 4. The summed E-state index contributed by atoms with van der Waals surface area (Å²) in [7, 11) is 0. The van der Waals surface area contributed by atoms with Gasteiger partial charge in [-0.2, -0.15) is 9.97 Å². The van der Waals surface area contributed by atoms with Gasteiger partial charge in [0.25, 0.3) is 0 Å². The molecule has 13 heteroatoms. The van der Waals surface area contributed by atoms with Crippen LogP contribution in [0, 0.1) is 11.6 Å². The molecule has 3 atom stereocenters. The second-order valence-electron chi connectivity index (χ2n) is 12.1. The molecule has 3 aliphatic rings. The van der Waals surface area contributed by atoms with Gasteiger partial charge >= 0.3 is 12.0 Å². The van der Waals surface area contributed by atoms with Gasteiger partial charge in [-0.25, -0.2) is 18.0 Å². The molecule has 4 aromatic rings. The smallest absolute Gasteiger partial charge is 0.319 e. The number of urea groups is 1. The number of amides is 2. The van der Waals surface area contributed by atoms with Crippen LogP contribution in [0.15, 0.2) is 30.5 Å². The first-order valence-electron chi connectivity index (χ1n) is 15.4. The van der Waals surface area contributed by atoms with Crippen molar-refractivity contribution in [1.82, 2.24) is 30.5 Å². The summed E-state index contributed by atoms with van der Waals surface area (Å²) in [6, 6.07) is 5.38. The molecule has 7 rings (SSSR count). The predicted molar refractivity (Wildman–Crippen MR) is 163 cm³/mol. The van der Waals surface area contributed by atoms with E-state index < -0.39 is 23.3 Å². The number of hydrogen-bond acceptors (Lipinski definition) is 8. The van der Waals surface area contributed by atoms with Crippen LogP contribution in [0.3, 0.4) is 0 Å². The van der Waals surface area contributed by atoms with Crippen molar-refractivity contribution in [3.8, 4) is 23.0 Å². The molecule has 3 fully saturated rings. The van der Waals surface area contributed by atoms with Gasteiger partial charge < -0.3 is 25.8 Å². The minimum absolute atomic E-state index is 0.0650. The van der Waals surface area contributed by atoms with Gasteiger partial charge in [-0.3, -0.25) is 9.88 Å². The summed E-state index contributed by atoms with van der Waals surface area (Å²) < 4.78 is 52.0. The number of carbonyl (C=O) groups excluding carboxylic acids is 1. The molecule has 0 bridgehead atoms. The Bertz CT molecular complexity index is 1810. The molecule has 45 heavy (non-hydrogen) atoms. The number of hydrogen-bond donors (Lipinski definition) is 4. The highest BCUT2D eigenvalue weighted by Gasteiger charge is 2.49. The molecule has 2 amide bonds. The first kappa shape index (κ1) is 29.3. The number of phenols is 1. The van der Waals surface area contributed by atoms with Crippen molar-refractivity contribution in [2.45, 2.75) is 56.8 Å². The van der Waals surface area contributed by atoms with E-state index in [1.807, 2.05) is 0 Å². The summed E-state index contributed by atoms with van der Waals surface area (Å²) in [5.74, 6) is -1.03. The zero-order valence-corrected chi connectivity index (χ0v) is 24.8. The van der Waals surface area contributed by atoms with Gasteiger partial charge in [0, 0.05) is 43.9 Å². The van der Waals surface area contributed by atoms with Crippen LogP contribution in [0.5, 0.6) is 11.8 Å². The third-order valence-electron chi connectivity index (χ3n) is 9.29. The van der Waals surface area contributed by atoms with Gasteiger partial charge in [0.15, 0.2) is 5.82 Å². The van der Waals surface area contributed by atoms with E-state index in [0.717, 1.165) is 19.4 Å². The van der Waals surface area contributed by atoms with Crippen molar-refractivity contribution in [2.75, 3.05) is 38.1 Å². The van der Waals surface area contributed by atoms with E-state index in [4.69, 9.17) is 4.74 Å². The molecule has 3 aliphatic heterocycles. The molecule has 2 aromatic heterocycles. The second-order valence-corrected chi connectivity index (χ2v) is 12.1. The lowest BCUT2D eigenvalue weighted by atomic mass is 9.94. The molecule has 2 aromatic carbocycles. The van der Waals surface area contributed by atoms with Crippen LogP contribution in [0.1, 0.15) is 38.2 Å². The number of phenolic OH excluding ortho intramolecular Hbond substituents is 1. The number of halogens is 3. The van der Waals surface area contributed by atoms with E-state index in [-0.39, 0.29) is 47.2 Å². The summed E-state index contributed by atoms with van der Waals surface area (Å²) in [6.45, 7) is 4.02. The fourth-order valence-corrected chi connectivity index (χ4v) is 7.15. The lowest BCUT2D eigenvalue weighted by molar-refractivity contribution is 0.107. The zero-order chi connectivity index (χ0) is 31.3. The van der Waals surface area contributed by atoms with Gasteiger partial charge in [0.05, 0.1) is 10.9 Å². The molecular formula is C32H34F3N7O3. The van der Waals surface area contributed by atoms with Crippen molar-refractivity contribution in [3.05, 3.63) is 47.7 Å². The number of nitrogens with one attached hydrogen (secondary N) is 3. The van der Waals surface area contributed by atoms with Gasteiger partial charge in [-0.15, -0.1) is 0 Å². The molecule has 0 radical (unpaired) electrons. The van der Waals surface area contributed by atoms with E-state index >= 15 is 4.39 Å². The Kier molecular flexibility index (Phi) is 7.50. The first-order chi connectivity index (χ1) is 21.7. The van der Waals surface area contributed by atoms with Crippen LogP contribution in [-0.4, -0.2) is 81.5 Å². The van der Waals surface area contributed by atoms with Crippen molar-refractivity contribution in [1.29, 1.82) is 0 Å². The summed E-state index contributed by atoms with van der Waals surface area (Å²) in [6.07, 6.45) is 3.52. The highest BCUT2D eigenvalue weighted by molar-refractivity contribution is 6.01. The number of alkyl halides is 1. The molecule has 5 heterocycles. The Labute approximate surface area is 257 Å². The summed E-state index contributed by atoms with van der Waals surface area (Å²) >= 11 is 0. The number of ether oxygens (including phenoxy) is 1. The standard InChI is InChI=1S/C32H34F3N7O3/c1-2-21-24(34)5-4-17-10-20(43)11-22(25(17)21)27-26(35)28-23(14-37-27)29(36-8-6-19-13-38-30(44)39-19)41-31(40-28)45-16-32-7-3-9-42(32)15-18(33)12-32/h4-5,10-11,14,18-19,43H,2-3,6-9,12-13,15-16H2,1H3,(H,36,40,41)(H2,38,39,44)/t18-,19?,32+/m1/s1. The third-order valence-corrected chi connectivity index (χ3v) is 9.29. The topological polar surface area (TPSA) is 125 Å². The van der Waals surface area contributed by atoms with E-state index in [0.29, 0.717) is 66.4 Å². The Morgan fingerprint density at radius 1 is 1.24 bits per heavy atom. The van der Waals surface area contributed by atoms with Gasteiger partial charge in [-0.1, -0.05) is 13.0 Å². The average molecular weight is 622 g/mol. The minimum atomic E-state index is -0.935. The van der Waals surface area contributed by atoms with Gasteiger partial charge in [-0.05, 0) is 66.8 Å². The van der Waals surface area contributed by atoms with Crippen molar-refractivity contribution < 1.29 is 27.8 Å². The van der Waals surface area contributed by atoms with Gasteiger partial charge in [0.2, 0.25) is 0 Å². The summed E-state index contributed by atoms with van der Waals surface area (Å²) in [5, 5.41) is 20.6. The normalized spacial score (nSPS) is 23.0. The largest absolute Gasteiger partial charge is 0.508 e. The summed E-state index contributed by atoms with van der Waals surface area (Å²) in [4.78, 5) is 27.1. The number of aromatic nitrogens is 3. The average Bonchev–Trinajstić information content (AvgIpc) is 3.69. The van der Waals surface area contributed by atoms with Crippen LogP contribution < -0.4 is 20.7 Å². The molecular weight excluding hydrogens is 587 g/mol. The predicted octanol–water partition coefficient (Wildman–Crippen LogP) is 4.83. The van der Waals surface area contributed by atoms with Crippen molar-refractivity contribution >= 4 is 33.5 Å². The number of aromatic hydroxyl groups is 1. The quantitative estimate of drug-likeness (QED) is 0.210. The highest BCUT2D eigenvalue weighted by Crippen LogP contribution is 2.41. The first-order valence-corrected chi connectivity index (χ1v) is 15.4. The Hall–Kier alpha value is -4.39. The molecule has 3 saturated heterocycles. The van der Waals surface area contributed by atoms with E-state index in [1.165, 1.54) is 24.4 Å². The SMILES string of the molecule is CCc1c(F)ccc2cc(O)cc(-c3ncc4c(NCCC5CNC(=O)N5)nc(OC[C@@]56CCCN5C[C@H](F)C6)nc4c3F)c12. The number of fused-ring (bicyclic) bond motifs is 3. The molecule has 0 saturated carbocycles. The zero-order valence-electron chi connectivity index (χ0n) is 24.8. The van der Waals surface area contributed by atoms with Crippen LogP contribution in [-0.2, 0) is 6.42 Å². The monoisotopic (exact) mass is 621 g/mol. The minimum Gasteiger partial charge on any atom is -0.508 e. The molecule has 4 N–H and O–H groups in total. The van der Waals surface area contributed by atoms with Crippen molar-refractivity contribution in [2.24, 2.45) is 0 Å². The number of aryl methyl sites for hydroxylation is 1. The Morgan fingerprint density at radius 2 is 2.11 bits per heavy atom. The van der Waals surface area contributed by atoms with Crippen LogP contribution in [0.2, 0.25) is 0 Å².